The number of ether oxygens (including phenoxy) is 1. The largest absolute Gasteiger partial charge is 0.491 e. The molecule has 2 aromatic rings. The molecule has 11 heteroatoms. The highest BCUT2D eigenvalue weighted by atomic mass is 79.9. The third-order valence-electron chi connectivity index (χ3n) is 4.44. The Morgan fingerprint density at radius 2 is 2.04 bits per heavy atom. The molecule has 0 aliphatic carbocycles. The van der Waals surface area contributed by atoms with E-state index < -0.39 is 36.1 Å². The maximum atomic E-state index is 12.6. The van der Waals surface area contributed by atoms with E-state index in [-0.39, 0.29) is 13.0 Å². The van der Waals surface area contributed by atoms with Crippen LogP contribution in [0, 0.1) is 0 Å². The summed E-state index contributed by atoms with van der Waals surface area (Å²) in [6, 6.07) is 5.64. The quantitative estimate of drug-likeness (QED) is 0.539. The molecule has 1 aromatic heterocycles. The number of esters is 2. The van der Waals surface area contributed by atoms with E-state index in [1.54, 1.807) is 17.7 Å². The zero-order chi connectivity index (χ0) is 20.6. The lowest BCUT2D eigenvalue weighted by Gasteiger charge is -2.13. The summed E-state index contributed by atoms with van der Waals surface area (Å²) < 4.78 is 42.9. The van der Waals surface area contributed by atoms with Crippen LogP contribution in [-0.4, -0.2) is 47.2 Å². The molecule has 0 spiro atoms. The van der Waals surface area contributed by atoms with Crippen molar-refractivity contribution in [1.29, 1.82) is 0 Å². The Balaban J connectivity index is 1.64. The standard InChI is InChI=1S/C17H15BrF3N3O4/c1-24-12-4-2-3-10(18)9(12)6-13(24)14(25)23-8-5-11(22-7-8)15(26)28-16(27)17(19,20)21/h2-4,6,8,11,22H,5,7H2,1H3,(H,23,25)/t8-,11+/m1/s1. The average Bonchev–Trinajstić information content (AvgIpc) is 3.20. The van der Waals surface area contributed by atoms with Gasteiger partial charge in [0.2, 0.25) is 0 Å². The summed E-state index contributed by atoms with van der Waals surface area (Å²) >= 11 is 3.42. The number of alkyl halides is 3. The van der Waals surface area contributed by atoms with Gasteiger partial charge in [-0.1, -0.05) is 22.0 Å². The van der Waals surface area contributed by atoms with Crippen molar-refractivity contribution in [2.75, 3.05) is 6.54 Å². The number of carbonyl (C=O) groups is 3. The zero-order valence-electron chi connectivity index (χ0n) is 14.5. The molecule has 1 aromatic carbocycles. The van der Waals surface area contributed by atoms with Crippen LogP contribution >= 0.6 is 15.9 Å². The van der Waals surface area contributed by atoms with Crippen LogP contribution < -0.4 is 10.6 Å². The van der Waals surface area contributed by atoms with E-state index in [2.05, 4.69) is 31.3 Å². The molecule has 0 unspecified atom stereocenters. The van der Waals surface area contributed by atoms with E-state index in [1.807, 2.05) is 18.2 Å². The highest BCUT2D eigenvalue weighted by molar-refractivity contribution is 9.10. The number of rotatable bonds is 3. The first kappa shape index (κ1) is 20.3. The van der Waals surface area contributed by atoms with Gasteiger partial charge in [-0.2, -0.15) is 13.2 Å². The molecule has 7 nitrogen and oxygen atoms in total. The third-order valence-corrected chi connectivity index (χ3v) is 5.13. The smallest absolute Gasteiger partial charge is 0.385 e. The molecule has 1 amide bonds. The van der Waals surface area contributed by atoms with Crippen molar-refractivity contribution in [3.8, 4) is 0 Å². The number of amides is 1. The Labute approximate surface area is 165 Å². The van der Waals surface area contributed by atoms with Gasteiger partial charge in [-0.25, -0.2) is 9.59 Å². The molecule has 3 rings (SSSR count). The lowest BCUT2D eigenvalue weighted by atomic mass is 10.1. The minimum absolute atomic E-state index is 0.00332. The van der Waals surface area contributed by atoms with E-state index in [9.17, 15) is 27.6 Å². The van der Waals surface area contributed by atoms with Gasteiger partial charge in [0.15, 0.2) is 0 Å². The highest BCUT2D eigenvalue weighted by Gasteiger charge is 2.44. The summed E-state index contributed by atoms with van der Waals surface area (Å²) in [5.41, 5.74) is 1.23. The summed E-state index contributed by atoms with van der Waals surface area (Å²) in [5, 5.41) is 6.23. The second-order valence-corrected chi connectivity index (χ2v) is 7.19. The van der Waals surface area contributed by atoms with Crippen LogP contribution in [0.5, 0.6) is 0 Å². The minimum atomic E-state index is -5.25. The molecular weight excluding hydrogens is 447 g/mol. The molecule has 2 atom stereocenters. The number of nitrogens with one attached hydrogen (secondary N) is 2. The molecule has 0 radical (unpaired) electrons. The molecule has 2 heterocycles. The first-order chi connectivity index (χ1) is 13.1. The Hall–Kier alpha value is -2.40. The van der Waals surface area contributed by atoms with E-state index in [0.29, 0.717) is 5.69 Å². The predicted molar refractivity (Wildman–Crippen MR) is 95.4 cm³/mol. The zero-order valence-corrected chi connectivity index (χ0v) is 16.1. The summed E-state index contributed by atoms with van der Waals surface area (Å²) in [7, 11) is 1.74. The van der Waals surface area contributed by atoms with Crippen LogP contribution in [0.2, 0.25) is 0 Å². The third kappa shape index (κ3) is 4.04. The first-order valence-electron chi connectivity index (χ1n) is 8.19. The number of benzene rings is 1. The predicted octanol–water partition coefficient (Wildman–Crippen LogP) is 2.03. The van der Waals surface area contributed by atoms with Crippen molar-refractivity contribution >= 4 is 44.7 Å². The van der Waals surface area contributed by atoms with Crippen molar-refractivity contribution < 1.29 is 32.3 Å². The Morgan fingerprint density at radius 3 is 2.68 bits per heavy atom. The van der Waals surface area contributed by atoms with E-state index >= 15 is 0 Å². The van der Waals surface area contributed by atoms with Crippen LogP contribution in [0.4, 0.5) is 13.2 Å². The van der Waals surface area contributed by atoms with Gasteiger partial charge in [0.05, 0.1) is 0 Å². The van der Waals surface area contributed by atoms with Gasteiger partial charge < -0.3 is 19.9 Å². The summed E-state index contributed by atoms with van der Waals surface area (Å²) in [6.45, 7) is 0.152. The fourth-order valence-corrected chi connectivity index (χ4v) is 3.52. The fraction of sp³-hybridized carbons (Fsp3) is 0.353. The van der Waals surface area contributed by atoms with E-state index in [0.717, 1.165) is 15.4 Å². The average molecular weight is 462 g/mol. The lowest BCUT2D eigenvalue weighted by molar-refractivity contribution is -0.202. The summed E-state index contributed by atoms with van der Waals surface area (Å²) in [4.78, 5) is 35.0. The van der Waals surface area contributed by atoms with Crippen LogP contribution in [0.3, 0.4) is 0 Å². The second kappa shape index (κ2) is 7.55. The Morgan fingerprint density at radius 1 is 1.32 bits per heavy atom. The maximum absolute atomic E-state index is 12.6. The molecule has 1 aliphatic heterocycles. The monoisotopic (exact) mass is 461 g/mol. The normalized spacial score (nSPS) is 19.6. The highest BCUT2D eigenvalue weighted by Crippen LogP contribution is 2.26. The first-order valence-corrected chi connectivity index (χ1v) is 8.98. The molecule has 1 saturated heterocycles. The fourth-order valence-electron chi connectivity index (χ4n) is 3.05. The van der Waals surface area contributed by atoms with Gasteiger partial charge in [0, 0.05) is 35.0 Å². The van der Waals surface area contributed by atoms with Crippen molar-refractivity contribution in [3.05, 3.63) is 34.4 Å². The van der Waals surface area contributed by atoms with Gasteiger partial charge in [0.1, 0.15) is 11.7 Å². The minimum Gasteiger partial charge on any atom is -0.385 e. The Kier molecular flexibility index (Phi) is 5.48. The number of aryl methyl sites for hydroxylation is 1. The lowest BCUT2D eigenvalue weighted by Crippen LogP contribution is -2.37. The molecule has 2 N–H and O–H groups in total. The van der Waals surface area contributed by atoms with Crippen molar-refractivity contribution in [2.45, 2.75) is 24.7 Å². The summed E-state index contributed by atoms with van der Waals surface area (Å²) in [6.07, 6.45) is -5.24. The van der Waals surface area contributed by atoms with Gasteiger partial charge in [-0.15, -0.1) is 0 Å². The molecule has 1 aliphatic rings. The van der Waals surface area contributed by atoms with Crippen LogP contribution in [0.25, 0.3) is 10.9 Å². The molecule has 1 fully saturated rings. The second-order valence-electron chi connectivity index (χ2n) is 6.33. The van der Waals surface area contributed by atoms with Crippen molar-refractivity contribution in [3.63, 3.8) is 0 Å². The number of fused-ring (bicyclic) bond motifs is 1. The van der Waals surface area contributed by atoms with Crippen molar-refractivity contribution in [1.82, 2.24) is 15.2 Å². The van der Waals surface area contributed by atoms with Crippen molar-refractivity contribution in [2.24, 2.45) is 7.05 Å². The van der Waals surface area contributed by atoms with Gasteiger partial charge in [-0.3, -0.25) is 4.79 Å². The van der Waals surface area contributed by atoms with E-state index in [4.69, 9.17) is 0 Å². The van der Waals surface area contributed by atoms with Gasteiger partial charge in [0.25, 0.3) is 5.91 Å². The van der Waals surface area contributed by atoms with Gasteiger partial charge >= 0.3 is 18.1 Å². The number of hydrogen-bond donors (Lipinski definition) is 2. The number of hydrogen-bond acceptors (Lipinski definition) is 5. The van der Waals surface area contributed by atoms with Gasteiger partial charge in [-0.05, 0) is 24.6 Å². The number of nitrogens with zero attached hydrogens (tertiary/aromatic N) is 1. The topological polar surface area (TPSA) is 89.4 Å². The maximum Gasteiger partial charge on any atom is 0.491 e. The molecule has 28 heavy (non-hydrogen) atoms. The Bertz CT molecular complexity index is 957. The molecule has 0 bridgehead atoms. The van der Waals surface area contributed by atoms with E-state index in [1.165, 1.54) is 0 Å². The number of halogens is 4. The molecule has 0 saturated carbocycles. The molecule has 150 valence electrons. The van der Waals surface area contributed by atoms with Crippen LogP contribution in [0.1, 0.15) is 16.9 Å². The van der Waals surface area contributed by atoms with Crippen LogP contribution in [-0.2, 0) is 21.4 Å². The molecular formula is C17H15BrF3N3O4. The number of carbonyl (C=O) groups excluding carboxylic acids is 3. The van der Waals surface area contributed by atoms with Crippen LogP contribution in [0.15, 0.2) is 28.7 Å². The number of aromatic nitrogens is 1. The SMILES string of the molecule is Cn1c(C(=O)N[C@H]2CN[C@H](C(=O)OC(=O)C(F)(F)F)C2)cc2c(Br)cccc21. The summed E-state index contributed by atoms with van der Waals surface area (Å²) in [5.74, 6) is -4.28.